The first-order chi connectivity index (χ1) is 18.0. The van der Waals surface area contributed by atoms with E-state index >= 15 is 4.39 Å². The van der Waals surface area contributed by atoms with Gasteiger partial charge in [0.1, 0.15) is 17.3 Å². The molecule has 2 aromatic carbocycles. The molecule has 8 heteroatoms. The van der Waals surface area contributed by atoms with Crippen molar-refractivity contribution in [3.05, 3.63) is 71.8 Å². The Bertz CT molecular complexity index is 1430. The highest BCUT2D eigenvalue weighted by Gasteiger charge is 2.27. The first-order valence-electron chi connectivity index (χ1n) is 12.6. The number of nitrogens with zero attached hydrogens (tertiary/aromatic N) is 3. The van der Waals surface area contributed by atoms with Crippen molar-refractivity contribution in [3.8, 4) is 22.6 Å². The van der Waals surface area contributed by atoms with Crippen molar-refractivity contribution >= 4 is 22.6 Å². The summed E-state index contributed by atoms with van der Waals surface area (Å²) in [6, 6.07) is 15.0. The second kappa shape index (κ2) is 10.5. The van der Waals surface area contributed by atoms with E-state index in [-0.39, 0.29) is 11.7 Å². The second-order valence-electron chi connectivity index (χ2n) is 8.96. The lowest BCUT2D eigenvalue weighted by molar-refractivity contribution is 0.0741. The van der Waals surface area contributed by atoms with Gasteiger partial charge in [0, 0.05) is 43.3 Å². The Morgan fingerprint density at radius 3 is 2.51 bits per heavy atom. The molecule has 4 aromatic rings. The van der Waals surface area contributed by atoms with Gasteiger partial charge in [-0.3, -0.25) is 4.79 Å². The number of carbonyl (C=O) groups excluding carboxylic acids is 1. The third kappa shape index (κ3) is 4.59. The van der Waals surface area contributed by atoms with Gasteiger partial charge < -0.3 is 24.3 Å². The van der Waals surface area contributed by atoms with Crippen LogP contribution < -0.4 is 14.4 Å². The van der Waals surface area contributed by atoms with Crippen molar-refractivity contribution in [1.29, 1.82) is 0 Å². The highest BCUT2D eigenvalue weighted by Crippen LogP contribution is 2.38. The van der Waals surface area contributed by atoms with Crippen LogP contribution in [0.25, 0.3) is 22.0 Å². The van der Waals surface area contributed by atoms with Gasteiger partial charge in [0.15, 0.2) is 11.6 Å². The molecule has 0 unspecified atom stereocenters. The number of hydrogen-bond donors (Lipinski definition) is 1. The molecule has 0 spiro atoms. The number of benzene rings is 2. The molecule has 1 aliphatic heterocycles. The maximum Gasteiger partial charge on any atom is 0.270 e. The number of para-hydroxylation sites is 1. The predicted octanol–water partition coefficient (Wildman–Crippen LogP) is 5.30. The lowest BCUT2D eigenvalue weighted by Crippen LogP contribution is -2.49. The fraction of sp³-hybridized carbons (Fsp3) is 0.310. The van der Waals surface area contributed by atoms with Gasteiger partial charge in [0.2, 0.25) is 0 Å². The maximum absolute atomic E-state index is 15.4. The molecule has 0 atom stereocenters. The van der Waals surface area contributed by atoms with Gasteiger partial charge in [-0.25, -0.2) is 9.37 Å². The van der Waals surface area contributed by atoms with Crippen molar-refractivity contribution in [2.45, 2.75) is 20.3 Å². The number of halogens is 1. The van der Waals surface area contributed by atoms with E-state index in [9.17, 15) is 4.79 Å². The number of piperazine rings is 1. The standard InChI is InChI=1S/C29H31FN4O3/c1-4-19-17-21(20-9-6-7-10-24(20)36-3)22-18-23(32-27(22)26(19)30)29(35)34-15-13-33(14-16-34)28-25(37-5-2)11-8-12-31-28/h6-12,17-18,32H,4-5,13-16H2,1-3H3. The quantitative estimate of drug-likeness (QED) is 0.371. The van der Waals surface area contributed by atoms with E-state index in [0.717, 1.165) is 22.7 Å². The predicted molar refractivity (Wildman–Crippen MR) is 143 cm³/mol. The zero-order chi connectivity index (χ0) is 25.9. The molecule has 1 N–H and O–H groups in total. The normalized spacial score (nSPS) is 13.7. The number of amides is 1. The zero-order valence-corrected chi connectivity index (χ0v) is 21.4. The summed E-state index contributed by atoms with van der Waals surface area (Å²) in [6.45, 7) is 6.73. The Balaban J connectivity index is 1.44. The Morgan fingerprint density at radius 1 is 1.03 bits per heavy atom. The highest BCUT2D eigenvalue weighted by atomic mass is 19.1. The van der Waals surface area contributed by atoms with Crippen LogP contribution in [-0.4, -0.2) is 60.7 Å². The first kappa shape index (κ1) is 24.6. The molecular formula is C29H31FN4O3. The number of methoxy groups -OCH3 is 1. The Hall–Kier alpha value is -4.07. The number of fused-ring (bicyclic) bond motifs is 1. The number of aromatic amines is 1. The first-order valence-corrected chi connectivity index (χ1v) is 12.6. The molecule has 1 amide bonds. The van der Waals surface area contributed by atoms with E-state index in [2.05, 4.69) is 14.9 Å². The van der Waals surface area contributed by atoms with Crippen molar-refractivity contribution < 1.29 is 18.7 Å². The molecule has 0 saturated carbocycles. The van der Waals surface area contributed by atoms with Gasteiger partial charge in [-0.1, -0.05) is 25.1 Å². The lowest BCUT2D eigenvalue weighted by Gasteiger charge is -2.35. The van der Waals surface area contributed by atoms with Gasteiger partial charge in [0.05, 0.1) is 19.2 Å². The summed E-state index contributed by atoms with van der Waals surface area (Å²) in [6.07, 6.45) is 2.28. The molecule has 37 heavy (non-hydrogen) atoms. The molecule has 1 aliphatic rings. The van der Waals surface area contributed by atoms with Gasteiger partial charge in [-0.05, 0) is 54.8 Å². The van der Waals surface area contributed by atoms with Crippen LogP contribution in [0.15, 0.2) is 54.7 Å². The summed E-state index contributed by atoms with van der Waals surface area (Å²) in [4.78, 5) is 25.0. The van der Waals surface area contributed by atoms with E-state index < -0.39 is 0 Å². The number of anilines is 1. The van der Waals surface area contributed by atoms with E-state index in [1.165, 1.54) is 0 Å². The number of pyridine rings is 1. The average molecular weight is 503 g/mol. The largest absolute Gasteiger partial charge is 0.496 e. The Morgan fingerprint density at radius 2 is 1.78 bits per heavy atom. The summed E-state index contributed by atoms with van der Waals surface area (Å²) < 4.78 is 26.7. The number of hydrogen-bond acceptors (Lipinski definition) is 5. The number of carbonyl (C=O) groups is 1. The van der Waals surface area contributed by atoms with Crippen LogP contribution in [0.2, 0.25) is 0 Å². The third-order valence-electron chi connectivity index (χ3n) is 6.85. The number of nitrogens with one attached hydrogen (secondary N) is 1. The van der Waals surface area contributed by atoms with E-state index in [1.807, 2.05) is 56.3 Å². The SMILES string of the molecule is CCOc1cccnc1N1CCN(C(=O)c2cc3c(-c4ccccc4OC)cc(CC)c(F)c3[nH]2)CC1. The molecule has 5 rings (SSSR count). The van der Waals surface area contributed by atoms with Crippen LogP contribution in [0.5, 0.6) is 11.5 Å². The van der Waals surface area contributed by atoms with Crippen molar-refractivity contribution in [2.75, 3.05) is 44.8 Å². The fourth-order valence-corrected chi connectivity index (χ4v) is 4.96. The van der Waals surface area contributed by atoms with Crippen molar-refractivity contribution in [2.24, 2.45) is 0 Å². The minimum Gasteiger partial charge on any atom is -0.496 e. The van der Waals surface area contributed by atoms with Crippen molar-refractivity contribution in [3.63, 3.8) is 0 Å². The minimum absolute atomic E-state index is 0.148. The van der Waals surface area contributed by atoms with Gasteiger partial charge >= 0.3 is 0 Å². The summed E-state index contributed by atoms with van der Waals surface area (Å²) in [5.74, 6) is 1.76. The molecular weight excluding hydrogens is 471 g/mol. The molecule has 1 fully saturated rings. The molecule has 1 saturated heterocycles. The number of aryl methyl sites for hydroxylation is 1. The van der Waals surface area contributed by atoms with E-state index in [4.69, 9.17) is 9.47 Å². The molecule has 2 aromatic heterocycles. The van der Waals surface area contributed by atoms with E-state index in [1.54, 1.807) is 24.3 Å². The summed E-state index contributed by atoms with van der Waals surface area (Å²) in [5.41, 5.74) is 3.00. The fourth-order valence-electron chi connectivity index (χ4n) is 4.96. The molecule has 0 radical (unpaired) electrons. The lowest BCUT2D eigenvalue weighted by atomic mass is 9.96. The summed E-state index contributed by atoms with van der Waals surface area (Å²) in [5, 5.41) is 0.663. The second-order valence-corrected chi connectivity index (χ2v) is 8.96. The van der Waals surface area contributed by atoms with Gasteiger partial charge in [0.25, 0.3) is 5.91 Å². The third-order valence-corrected chi connectivity index (χ3v) is 6.85. The van der Waals surface area contributed by atoms with Crippen LogP contribution in [0.1, 0.15) is 29.9 Å². The van der Waals surface area contributed by atoms with Gasteiger partial charge in [-0.15, -0.1) is 0 Å². The number of H-pyrrole nitrogens is 1. The summed E-state index contributed by atoms with van der Waals surface area (Å²) in [7, 11) is 1.62. The van der Waals surface area contributed by atoms with Crippen LogP contribution >= 0.6 is 0 Å². The number of rotatable bonds is 7. The molecule has 0 aliphatic carbocycles. The summed E-state index contributed by atoms with van der Waals surface area (Å²) >= 11 is 0. The Labute approximate surface area is 215 Å². The van der Waals surface area contributed by atoms with Crippen LogP contribution in [-0.2, 0) is 6.42 Å². The molecule has 7 nitrogen and oxygen atoms in total. The zero-order valence-electron chi connectivity index (χ0n) is 21.4. The van der Waals surface area contributed by atoms with Crippen LogP contribution in [0, 0.1) is 5.82 Å². The van der Waals surface area contributed by atoms with E-state index in [0.29, 0.717) is 67.1 Å². The van der Waals surface area contributed by atoms with Crippen molar-refractivity contribution in [1.82, 2.24) is 14.9 Å². The maximum atomic E-state index is 15.4. The molecule has 192 valence electrons. The Kier molecular flexibility index (Phi) is 6.99. The van der Waals surface area contributed by atoms with Gasteiger partial charge in [-0.2, -0.15) is 0 Å². The average Bonchev–Trinajstić information content (AvgIpc) is 3.40. The smallest absolute Gasteiger partial charge is 0.270 e. The van der Waals surface area contributed by atoms with Crippen LogP contribution in [0.3, 0.4) is 0 Å². The monoisotopic (exact) mass is 502 g/mol. The molecule has 3 heterocycles. The topological polar surface area (TPSA) is 70.7 Å². The number of ether oxygens (including phenoxy) is 2. The van der Waals surface area contributed by atoms with Crippen LogP contribution in [0.4, 0.5) is 10.2 Å². The highest BCUT2D eigenvalue weighted by molar-refractivity contribution is 6.04. The number of aromatic nitrogens is 2. The minimum atomic E-state index is -0.321. The molecule has 0 bridgehead atoms.